The van der Waals surface area contributed by atoms with Crippen molar-refractivity contribution in [1.29, 1.82) is 0 Å². The van der Waals surface area contributed by atoms with Crippen LogP contribution in [0.2, 0.25) is 0 Å². The molecule has 0 saturated heterocycles. The molecule has 6 unspecified atom stereocenters. The molecule has 0 N–H and O–H groups in total. The van der Waals surface area contributed by atoms with Gasteiger partial charge in [-0.2, -0.15) is 0 Å². The van der Waals surface area contributed by atoms with Gasteiger partial charge in [0.15, 0.2) is 0 Å². The third kappa shape index (κ3) is 5.50. The first-order chi connectivity index (χ1) is 31.9. The molecule has 7 aromatic rings. The number of allylic oxidation sites excluding steroid dienone is 8. The minimum absolute atomic E-state index is 0.102. The van der Waals surface area contributed by atoms with Crippen molar-refractivity contribution in [2.45, 2.75) is 76.5 Å². The molecule has 6 aliphatic carbocycles. The lowest BCUT2D eigenvalue weighted by Gasteiger charge is -2.33. The Kier molecular flexibility index (Phi) is 8.71. The zero-order chi connectivity index (χ0) is 43.7. The average Bonchev–Trinajstić information content (AvgIpc) is 4.19. The lowest BCUT2D eigenvalue weighted by atomic mass is 9.70. The predicted molar refractivity (Wildman–Crippen MR) is 275 cm³/mol. The van der Waals surface area contributed by atoms with Gasteiger partial charge in [0.05, 0.1) is 0 Å². The normalized spacial score (nSPS) is 23.0. The van der Waals surface area contributed by atoms with Gasteiger partial charge in [0, 0.05) is 35.5 Å². The van der Waals surface area contributed by atoms with E-state index in [0.717, 1.165) is 6.42 Å². The molecule has 65 heavy (non-hydrogen) atoms. The first kappa shape index (κ1) is 38.7. The van der Waals surface area contributed by atoms with Gasteiger partial charge < -0.3 is 0 Å². The molecule has 0 spiro atoms. The lowest BCUT2D eigenvalue weighted by Crippen LogP contribution is -2.18. The summed E-state index contributed by atoms with van der Waals surface area (Å²) in [7, 11) is 0. The van der Waals surface area contributed by atoms with Gasteiger partial charge in [-0.1, -0.05) is 220 Å². The van der Waals surface area contributed by atoms with Crippen molar-refractivity contribution in [3.05, 3.63) is 258 Å². The Bertz CT molecular complexity index is 3390. The molecule has 314 valence electrons. The highest BCUT2D eigenvalue weighted by Gasteiger charge is 2.51. The summed E-state index contributed by atoms with van der Waals surface area (Å²) >= 11 is 0. The Labute approximate surface area is 384 Å². The van der Waals surface area contributed by atoms with E-state index in [-0.39, 0.29) is 35.5 Å². The van der Waals surface area contributed by atoms with Gasteiger partial charge in [0.25, 0.3) is 0 Å². The van der Waals surface area contributed by atoms with Gasteiger partial charge in [-0.05, 0) is 132 Å². The number of fused-ring (bicyclic) bond motifs is 8. The van der Waals surface area contributed by atoms with Crippen LogP contribution in [0.3, 0.4) is 0 Å². The predicted octanol–water partition coefficient (Wildman–Crippen LogP) is 17.0. The van der Waals surface area contributed by atoms with E-state index in [1.165, 1.54) is 111 Å². The highest BCUT2D eigenvalue weighted by Crippen LogP contribution is 2.68. The Hall–Kier alpha value is -6.76. The molecule has 6 atom stereocenters. The molecule has 13 rings (SSSR count). The van der Waals surface area contributed by atoms with Gasteiger partial charge in [-0.25, -0.2) is 0 Å². The summed E-state index contributed by atoms with van der Waals surface area (Å²) in [6.07, 6.45) is 16.2. The van der Waals surface area contributed by atoms with Crippen molar-refractivity contribution in [2.24, 2.45) is 5.92 Å². The minimum Gasteiger partial charge on any atom is -0.0725 e. The quantitative estimate of drug-likeness (QED) is 0.150. The van der Waals surface area contributed by atoms with Gasteiger partial charge in [-0.15, -0.1) is 0 Å². The summed E-state index contributed by atoms with van der Waals surface area (Å²) in [5.41, 5.74) is 29.2. The third-order valence-electron chi connectivity index (χ3n) is 16.3. The number of rotatable bonds is 7. The van der Waals surface area contributed by atoms with E-state index in [9.17, 15) is 0 Å². The fourth-order valence-corrected chi connectivity index (χ4v) is 13.7. The van der Waals surface area contributed by atoms with Gasteiger partial charge in [0.2, 0.25) is 0 Å². The summed E-state index contributed by atoms with van der Waals surface area (Å²) < 4.78 is 0. The lowest BCUT2D eigenvalue weighted by molar-refractivity contribution is 0.641. The minimum atomic E-state index is 0.102. The molecule has 0 aromatic heterocycles. The summed E-state index contributed by atoms with van der Waals surface area (Å²) in [6.45, 7) is 12.0. The van der Waals surface area contributed by atoms with Gasteiger partial charge in [0.1, 0.15) is 0 Å². The molecular formula is C65H54. The SMILES string of the molecule is CCC1=Cc2ccccc2C1C1=C(C2C(C(C)C)=Cc3ccccc32)C(C2C=C(C)c3ccccc32)c2c1c(C1C(C)=Cc3ccccc31)c(C1C=Cc3ccccc31)c1ccccc21. The average molecular weight is 835 g/mol. The highest BCUT2D eigenvalue weighted by atomic mass is 14.5. The van der Waals surface area contributed by atoms with Crippen LogP contribution in [0.25, 0.3) is 46.2 Å². The van der Waals surface area contributed by atoms with Gasteiger partial charge in [-0.3, -0.25) is 0 Å². The molecule has 0 heterocycles. The Morgan fingerprint density at radius 1 is 0.508 bits per heavy atom. The molecular weight excluding hydrogens is 781 g/mol. The second kappa shape index (κ2) is 14.6. The van der Waals surface area contributed by atoms with E-state index in [1.54, 1.807) is 11.1 Å². The summed E-state index contributed by atoms with van der Waals surface area (Å²) in [6, 6.07) is 56.1. The van der Waals surface area contributed by atoms with E-state index in [1.807, 2.05) is 0 Å². The van der Waals surface area contributed by atoms with Crippen LogP contribution < -0.4 is 0 Å². The van der Waals surface area contributed by atoms with E-state index in [0.29, 0.717) is 5.92 Å². The molecule has 6 aliphatic rings. The van der Waals surface area contributed by atoms with Crippen LogP contribution in [0.5, 0.6) is 0 Å². The molecule has 0 heteroatoms. The van der Waals surface area contributed by atoms with E-state index < -0.39 is 0 Å². The maximum atomic E-state index is 2.66. The van der Waals surface area contributed by atoms with Crippen molar-refractivity contribution < 1.29 is 0 Å². The van der Waals surface area contributed by atoms with Crippen LogP contribution >= 0.6 is 0 Å². The molecule has 0 fully saturated rings. The van der Waals surface area contributed by atoms with Crippen molar-refractivity contribution in [3.8, 4) is 0 Å². The standard InChI is InChI=1S/C65H54/c1-6-40-35-43-21-9-13-26-48(43)57(40)63-64(58-49-27-14-10-22-44(49)36-54(58)37(2)3)61(55-34-38(4)45-23-15-16-28-50(45)55)60-52-30-18-17-29-51(52)59(53-32-31-41-19-7-11-24-46(41)53)62(65(60)63)56-39(5)33-42-20-8-12-25-47(42)56/h7-37,53,55-58,61H,6H2,1-5H3. The van der Waals surface area contributed by atoms with Gasteiger partial charge >= 0.3 is 0 Å². The zero-order valence-corrected chi connectivity index (χ0v) is 38.1. The van der Waals surface area contributed by atoms with Crippen LogP contribution in [0, 0.1) is 5.92 Å². The Morgan fingerprint density at radius 3 is 1.75 bits per heavy atom. The molecule has 0 nitrogen and oxygen atoms in total. The maximum Gasteiger partial charge on any atom is 0.0314 e. The van der Waals surface area contributed by atoms with Crippen LogP contribution in [-0.2, 0) is 0 Å². The second-order valence-corrected chi connectivity index (χ2v) is 19.9. The van der Waals surface area contributed by atoms with Crippen molar-refractivity contribution in [1.82, 2.24) is 0 Å². The second-order valence-electron chi connectivity index (χ2n) is 19.9. The summed E-state index contributed by atoms with van der Waals surface area (Å²) in [5.74, 6) is 1.13. The van der Waals surface area contributed by atoms with Crippen LogP contribution in [0.4, 0.5) is 0 Å². The van der Waals surface area contributed by atoms with E-state index in [2.05, 4.69) is 217 Å². The monoisotopic (exact) mass is 834 g/mol. The van der Waals surface area contributed by atoms with E-state index >= 15 is 0 Å². The molecule has 0 amide bonds. The topological polar surface area (TPSA) is 0 Å². The molecule has 0 aliphatic heterocycles. The number of benzene rings is 7. The Morgan fingerprint density at radius 2 is 1.06 bits per heavy atom. The molecule has 0 bridgehead atoms. The first-order valence-electron chi connectivity index (χ1n) is 24.2. The fraction of sp³-hybridized carbons (Fsp3) is 0.200. The largest absolute Gasteiger partial charge is 0.0725 e. The summed E-state index contributed by atoms with van der Waals surface area (Å²) in [4.78, 5) is 0. The van der Waals surface area contributed by atoms with Crippen molar-refractivity contribution in [2.75, 3.05) is 0 Å². The van der Waals surface area contributed by atoms with Crippen LogP contribution in [-0.4, -0.2) is 0 Å². The van der Waals surface area contributed by atoms with Crippen molar-refractivity contribution in [3.63, 3.8) is 0 Å². The molecule has 7 aromatic carbocycles. The highest BCUT2D eigenvalue weighted by molar-refractivity contribution is 6.04. The first-order valence-corrected chi connectivity index (χ1v) is 24.2. The van der Waals surface area contributed by atoms with Crippen LogP contribution in [0.1, 0.15) is 154 Å². The summed E-state index contributed by atoms with van der Waals surface area (Å²) in [5, 5.41) is 2.81. The van der Waals surface area contributed by atoms with Crippen molar-refractivity contribution >= 4 is 46.2 Å². The third-order valence-corrected chi connectivity index (χ3v) is 16.3. The van der Waals surface area contributed by atoms with Crippen LogP contribution in [0.15, 0.2) is 180 Å². The zero-order valence-electron chi connectivity index (χ0n) is 38.1. The number of hydrogen-bond donors (Lipinski definition) is 0. The molecule has 0 saturated carbocycles. The smallest absolute Gasteiger partial charge is 0.0314 e. The van der Waals surface area contributed by atoms with E-state index in [4.69, 9.17) is 0 Å². The maximum absolute atomic E-state index is 2.66. The molecule has 0 radical (unpaired) electrons. The Balaban J connectivity index is 1.26. The fourth-order valence-electron chi connectivity index (χ4n) is 13.7. The number of hydrogen-bond acceptors (Lipinski definition) is 0.